The predicted octanol–water partition coefficient (Wildman–Crippen LogP) is 4.59. The lowest BCUT2D eigenvalue weighted by molar-refractivity contribution is -0.122. The summed E-state index contributed by atoms with van der Waals surface area (Å²) in [7, 11) is 0. The molecular formula is C23H28N2O2. The van der Waals surface area contributed by atoms with Crippen molar-refractivity contribution in [2.45, 2.75) is 46.5 Å². The van der Waals surface area contributed by atoms with Crippen LogP contribution in [0.25, 0.3) is 0 Å². The van der Waals surface area contributed by atoms with Crippen molar-refractivity contribution in [2.75, 3.05) is 16.8 Å². The van der Waals surface area contributed by atoms with Crippen LogP contribution < -0.4 is 10.2 Å². The second-order valence-electron chi connectivity index (χ2n) is 8.48. The van der Waals surface area contributed by atoms with Gasteiger partial charge in [0.25, 0.3) is 0 Å². The third kappa shape index (κ3) is 4.05. The number of anilines is 2. The highest BCUT2D eigenvalue weighted by Crippen LogP contribution is 2.32. The molecule has 142 valence electrons. The molecule has 2 aromatic carbocycles. The number of rotatable bonds is 3. The maximum atomic E-state index is 12.9. The Morgan fingerprint density at radius 1 is 1.11 bits per heavy atom. The number of carbonyl (C=O) groups is 2. The molecule has 1 saturated heterocycles. The van der Waals surface area contributed by atoms with E-state index in [1.165, 1.54) is 0 Å². The average Bonchev–Trinajstić information content (AvgIpc) is 2.96. The molecule has 0 aromatic heterocycles. The summed E-state index contributed by atoms with van der Waals surface area (Å²) in [4.78, 5) is 27.2. The molecular weight excluding hydrogens is 336 g/mol. The van der Waals surface area contributed by atoms with Crippen LogP contribution in [0, 0.1) is 19.8 Å². The van der Waals surface area contributed by atoms with Crippen molar-refractivity contribution in [1.29, 1.82) is 0 Å². The molecule has 1 aliphatic heterocycles. The Morgan fingerprint density at radius 2 is 1.81 bits per heavy atom. The van der Waals surface area contributed by atoms with Gasteiger partial charge in [-0.2, -0.15) is 0 Å². The number of aryl methyl sites for hydroxylation is 2. The highest BCUT2D eigenvalue weighted by atomic mass is 16.2. The summed E-state index contributed by atoms with van der Waals surface area (Å²) in [6.07, 6.45) is 0.247. The molecule has 2 amide bonds. The Hall–Kier alpha value is -2.62. The standard InChI is InChI=1S/C23H28N2O2/c1-15-10-11-20(16(2)12-15)25-14-17(13-21(25)26)22(27)24-19-9-7-6-8-18(19)23(3,4)5/h6-12,17H,13-14H2,1-5H3,(H,24,27). The monoisotopic (exact) mass is 364 g/mol. The van der Waals surface area contributed by atoms with Gasteiger partial charge in [-0.15, -0.1) is 0 Å². The van der Waals surface area contributed by atoms with E-state index in [1.807, 2.05) is 50.2 Å². The first-order chi connectivity index (χ1) is 12.7. The lowest BCUT2D eigenvalue weighted by Gasteiger charge is -2.24. The normalized spacial score (nSPS) is 17.3. The minimum absolute atomic E-state index is 0.00575. The Labute approximate surface area is 161 Å². The summed E-state index contributed by atoms with van der Waals surface area (Å²) in [5, 5.41) is 3.06. The number of nitrogens with one attached hydrogen (secondary N) is 1. The molecule has 1 unspecified atom stereocenters. The number of benzene rings is 2. The van der Waals surface area contributed by atoms with E-state index in [0.29, 0.717) is 6.54 Å². The van der Waals surface area contributed by atoms with E-state index in [2.05, 4.69) is 32.2 Å². The van der Waals surface area contributed by atoms with Crippen molar-refractivity contribution in [3.05, 3.63) is 59.2 Å². The zero-order chi connectivity index (χ0) is 19.8. The van der Waals surface area contributed by atoms with Gasteiger partial charge < -0.3 is 10.2 Å². The van der Waals surface area contributed by atoms with Crippen LogP contribution in [0.4, 0.5) is 11.4 Å². The number of nitrogens with zero attached hydrogens (tertiary/aromatic N) is 1. The van der Waals surface area contributed by atoms with Crippen molar-refractivity contribution in [3.8, 4) is 0 Å². The fourth-order valence-electron chi connectivity index (χ4n) is 3.71. The molecule has 1 N–H and O–H groups in total. The van der Waals surface area contributed by atoms with E-state index in [9.17, 15) is 9.59 Å². The SMILES string of the molecule is Cc1ccc(N2CC(C(=O)Nc3ccccc3C(C)(C)C)CC2=O)c(C)c1. The minimum Gasteiger partial charge on any atom is -0.326 e. The lowest BCUT2D eigenvalue weighted by atomic mass is 9.85. The van der Waals surface area contributed by atoms with Crippen LogP contribution in [0.5, 0.6) is 0 Å². The summed E-state index contributed by atoms with van der Waals surface area (Å²) in [6, 6.07) is 13.9. The smallest absolute Gasteiger partial charge is 0.229 e. The molecule has 0 saturated carbocycles. The molecule has 0 radical (unpaired) electrons. The van der Waals surface area contributed by atoms with Crippen molar-refractivity contribution < 1.29 is 9.59 Å². The summed E-state index contributed by atoms with van der Waals surface area (Å²) >= 11 is 0. The predicted molar refractivity (Wildman–Crippen MR) is 110 cm³/mol. The van der Waals surface area contributed by atoms with Crippen LogP contribution in [-0.2, 0) is 15.0 Å². The largest absolute Gasteiger partial charge is 0.326 e. The van der Waals surface area contributed by atoms with Crippen molar-refractivity contribution in [3.63, 3.8) is 0 Å². The highest BCUT2D eigenvalue weighted by molar-refractivity contribution is 6.04. The van der Waals surface area contributed by atoms with Gasteiger partial charge in [0, 0.05) is 24.3 Å². The van der Waals surface area contributed by atoms with E-state index in [0.717, 1.165) is 28.1 Å². The first-order valence-corrected chi connectivity index (χ1v) is 9.45. The molecule has 1 heterocycles. The molecule has 4 nitrogen and oxygen atoms in total. The molecule has 2 aromatic rings. The molecule has 1 atom stereocenters. The Morgan fingerprint density at radius 3 is 2.48 bits per heavy atom. The fourth-order valence-corrected chi connectivity index (χ4v) is 3.71. The summed E-state index contributed by atoms with van der Waals surface area (Å²) in [5.74, 6) is -0.426. The van der Waals surface area contributed by atoms with Gasteiger partial charge in [0.15, 0.2) is 0 Å². The Balaban J connectivity index is 1.77. The molecule has 0 spiro atoms. The van der Waals surface area contributed by atoms with Gasteiger partial charge >= 0.3 is 0 Å². The Bertz CT molecular complexity index is 880. The van der Waals surface area contributed by atoms with Crippen LogP contribution in [-0.4, -0.2) is 18.4 Å². The summed E-state index contributed by atoms with van der Waals surface area (Å²) in [5.41, 5.74) is 4.97. The second kappa shape index (κ2) is 7.18. The molecule has 4 heteroatoms. The zero-order valence-corrected chi connectivity index (χ0v) is 16.8. The highest BCUT2D eigenvalue weighted by Gasteiger charge is 2.36. The van der Waals surface area contributed by atoms with Crippen LogP contribution >= 0.6 is 0 Å². The van der Waals surface area contributed by atoms with Crippen molar-refractivity contribution in [2.24, 2.45) is 5.92 Å². The molecule has 27 heavy (non-hydrogen) atoms. The summed E-state index contributed by atoms with van der Waals surface area (Å²) in [6.45, 7) is 10.8. The minimum atomic E-state index is -0.341. The van der Waals surface area contributed by atoms with Crippen molar-refractivity contribution in [1.82, 2.24) is 0 Å². The van der Waals surface area contributed by atoms with E-state index in [-0.39, 0.29) is 29.6 Å². The first kappa shape index (κ1) is 19.2. The van der Waals surface area contributed by atoms with E-state index < -0.39 is 0 Å². The van der Waals surface area contributed by atoms with Crippen LogP contribution in [0.3, 0.4) is 0 Å². The average molecular weight is 364 g/mol. The number of para-hydroxylation sites is 1. The van der Waals surface area contributed by atoms with Crippen LogP contribution in [0.2, 0.25) is 0 Å². The van der Waals surface area contributed by atoms with Gasteiger partial charge in [-0.3, -0.25) is 9.59 Å². The molecule has 0 aliphatic carbocycles. The van der Waals surface area contributed by atoms with E-state index in [4.69, 9.17) is 0 Å². The quantitative estimate of drug-likeness (QED) is 0.866. The van der Waals surface area contributed by atoms with Gasteiger partial charge in [-0.05, 0) is 42.5 Å². The number of carbonyl (C=O) groups excluding carboxylic acids is 2. The number of hydrogen-bond acceptors (Lipinski definition) is 2. The van der Waals surface area contributed by atoms with Crippen molar-refractivity contribution >= 4 is 23.2 Å². The van der Waals surface area contributed by atoms with E-state index >= 15 is 0 Å². The number of amides is 2. The van der Waals surface area contributed by atoms with Gasteiger partial charge in [0.2, 0.25) is 11.8 Å². The fraction of sp³-hybridized carbons (Fsp3) is 0.391. The summed E-state index contributed by atoms with van der Waals surface area (Å²) < 4.78 is 0. The third-order valence-electron chi connectivity index (χ3n) is 5.13. The first-order valence-electron chi connectivity index (χ1n) is 9.45. The van der Waals surface area contributed by atoms with E-state index in [1.54, 1.807) is 4.90 Å². The third-order valence-corrected chi connectivity index (χ3v) is 5.13. The van der Waals surface area contributed by atoms with Crippen LogP contribution in [0.15, 0.2) is 42.5 Å². The number of hydrogen-bond donors (Lipinski definition) is 1. The topological polar surface area (TPSA) is 49.4 Å². The molecule has 3 rings (SSSR count). The maximum Gasteiger partial charge on any atom is 0.229 e. The van der Waals surface area contributed by atoms with Gasteiger partial charge in [0.05, 0.1) is 5.92 Å². The molecule has 1 fully saturated rings. The van der Waals surface area contributed by atoms with Gasteiger partial charge in [0.1, 0.15) is 0 Å². The zero-order valence-electron chi connectivity index (χ0n) is 16.8. The second-order valence-corrected chi connectivity index (χ2v) is 8.48. The molecule has 1 aliphatic rings. The van der Waals surface area contributed by atoms with Gasteiger partial charge in [-0.25, -0.2) is 0 Å². The molecule has 0 bridgehead atoms. The van der Waals surface area contributed by atoms with Gasteiger partial charge in [-0.1, -0.05) is 56.7 Å². The lowest BCUT2D eigenvalue weighted by Crippen LogP contribution is -2.29. The van der Waals surface area contributed by atoms with Crippen LogP contribution in [0.1, 0.15) is 43.9 Å². The Kier molecular flexibility index (Phi) is 5.09. The maximum absolute atomic E-state index is 12.9.